The fourth-order valence-corrected chi connectivity index (χ4v) is 29.8. The predicted molar refractivity (Wildman–Crippen MR) is 297 cm³/mol. The molecule has 3 heterocycles. The molecule has 12 aromatic rings. The first-order valence-corrected chi connectivity index (χ1v) is 30.3. The molecular formula is C66H45GeNSi. The fraction of sp³-hybridized carbons (Fsp3) is 0. The van der Waals surface area contributed by atoms with Crippen molar-refractivity contribution in [1.82, 2.24) is 4.57 Å². The number of aromatic nitrogens is 1. The topological polar surface area (TPSA) is 4.93 Å². The van der Waals surface area contributed by atoms with Gasteiger partial charge in [0.1, 0.15) is 0 Å². The maximum atomic E-state index is 2.65. The minimum atomic E-state index is -3.64. The molecule has 14 rings (SSSR count). The molecule has 0 N–H and O–H groups in total. The van der Waals surface area contributed by atoms with Crippen molar-refractivity contribution >= 4 is 81.5 Å². The molecule has 0 atom stereocenters. The Morgan fingerprint density at radius 3 is 1.16 bits per heavy atom. The van der Waals surface area contributed by atoms with Crippen molar-refractivity contribution in [3.05, 3.63) is 273 Å². The van der Waals surface area contributed by atoms with Crippen molar-refractivity contribution in [2.45, 2.75) is 0 Å². The molecule has 1 aromatic heterocycles. The molecule has 0 amide bonds. The van der Waals surface area contributed by atoms with Crippen LogP contribution in [-0.4, -0.2) is 25.9 Å². The molecule has 0 unspecified atom stereocenters. The molecule has 11 aromatic carbocycles. The zero-order chi connectivity index (χ0) is 45.5. The Hall–Kier alpha value is -8.02. The van der Waals surface area contributed by atoms with E-state index < -0.39 is 21.3 Å². The van der Waals surface area contributed by atoms with E-state index in [9.17, 15) is 0 Å². The van der Waals surface area contributed by atoms with E-state index in [0.717, 1.165) is 0 Å². The van der Waals surface area contributed by atoms with Gasteiger partial charge in [-0.25, -0.2) is 0 Å². The zero-order valence-electron chi connectivity index (χ0n) is 37.9. The van der Waals surface area contributed by atoms with Crippen LogP contribution in [0.25, 0.3) is 72.0 Å². The van der Waals surface area contributed by atoms with Gasteiger partial charge in [0.05, 0.1) is 0 Å². The number of rotatable bonds is 7. The molecule has 0 radical (unpaired) electrons. The molecule has 0 fully saturated rings. The average Bonchev–Trinajstić information content (AvgIpc) is 4.04. The second-order valence-electron chi connectivity index (χ2n) is 18.6. The zero-order valence-corrected chi connectivity index (χ0v) is 41.0. The molecule has 0 saturated carbocycles. The monoisotopic (exact) mass is 953 g/mol. The van der Waals surface area contributed by atoms with Crippen LogP contribution in [0.15, 0.2) is 273 Å². The fourth-order valence-electron chi connectivity index (χ4n) is 12.7. The van der Waals surface area contributed by atoms with Crippen molar-refractivity contribution in [3.8, 4) is 50.2 Å². The van der Waals surface area contributed by atoms with Gasteiger partial charge in [-0.2, -0.15) is 0 Å². The first-order valence-electron chi connectivity index (χ1n) is 24.1. The second kappa shape index (κ2) is 15.8. The summed E-state index contributed by atoms with van der Waals surface area (Å²) in [6.07, 6.45) is 0. The van der Waals surface area contributed by atoms with Crippen molar-refractivity contribution in [1.29, 1.82) is 0 Å². The third-order valence-corrected chi connectivity index (χ3v) is 30.6. The first kappa shape index (κ1) is 40.1. The van der Waals surface area contributed by atoms with Crippen LogP contribution in [0.3, 0.4) is 0 Å². The Bertz CT molecular complexity index is 3720. The van der Waals surface area contributed by atoms with E-state index in [1.54, 1.807) is 4.40 Å². The second-order valence-corrected chi connectivity index (χ2v) is 30.0. The number of hydrogen-bond acceptors (Lipinski definition) is 0. The van der Waals surface area contributed by atoms with Crippen LogP contribution in [0.1, 0.15) is 0 Å². The molecule has 0 saturated heterocycles. The summed E-state index contributed by atoms with van der Waals surface area (Å²) < 4.78 is 8.83. The number of nitrogens with zero attached hydrogens (tertiary/aromatic N) is 1. The Balaban J connectivity index is 1.17. The summed E-state index contributed by atoms with van der Waals surface area (Å²) in [4.78, 5) is 0. The normalized spacial score (nSPS) is 13.0. The SMILES string of the molecule is c1ccc(-c2cc([Si](c3ccccc3)(c3ccccc3)c3ccccc3)cc(-c3ccccc3)c2-n2c3ccccc3c3[c]4c(ccc32)-c2cccc[c]2[Ge]42[c]3ccccc3-c3cccc[c]32)cc1. The number of benzene rings is 11. The summed E-state index contributed by atoms with van der Waals surface area (Å²) >= 11 is -3.64. The molecule has 3 heteroatoms. The summed E-state index contributed by atoms with van der Waals surface area (Å²) in [5.41, 5.74) is 14.0. The van der Waals surface area contributed by atoms with Crippen LogP contribution in [0.4, 0.5) is 0 Å². The van der Waals surface area contributed by atoms with Gasteiger partial charge in [-0.3, -0.25) is 0 Å². The van der Waals surface area contributed by atoms with E-state index in [0.29, 0.717) is 0 Å². The van der Waals surface area contributed by atoms with Crippen molar-refractivity contribution < 1.29 is 0 Å². The van der Waals surface area contributed by atoms with E-state index in [2.05, 4.69) is 278 Å². The van der Waals surface area contributed by atoms with Gasteiger partial charge in [-0.1, -0.05) is 18.2 Å². The molecular weight excluding hydrogens is 907 g/mol. The van der Waals surface area contributed by atoms with Gasteiger partial charge >= 0.3 is 391 Å². The molecule has 1 spiro atoms. The van der Waals surface area contributed by atoms with E-state index in [1.165, 1.54) is 106 Å². The molecule has 0 aliphatic carbocycles. The van der Waals surface area contributed by atoms with Crippen molar-refractivity contribution in [2.24, 2.45) is 0 Å². The van der Waals surface area contributed by atoms with E-state index in [1.807, 2.05) is 0 Å². The van der Waals surface area contributed by atoms with Crippen LogP contribution >= 0.6 is 0 Å². The third-order valence-electron chi connectivity index (χ3n) is 15.3. The van der Waals surface area contributed by atoms with E-state index in [-0.39, 0.29) is 0 Å². The average molecular weight is 953 g/mol. The van der Waals surface area contributed by atoms with E-state index in [4.69, 9.17) is 0 Å². The molecule has 2 aliphatic rings. The molecule has 69 heavy (non-hydrogen) atoms. The van der Waals surface area contributed by atoms with Crippen LogP contribution in [0.5, 0.6) is 0 Å². The quantitative estimate of drug-likeness (QED) is 0.111. The van der Waals surface area contributed by atoms with Gasteiger partial charge in [0.15, 0.2) is 0 Å². The van der Waals surface area contributed by atoms with Crippen molar-refractivity contribution in [3.63, 3.8) is 0 Å². The number of para-hydroxylation sites is 1. The standard InChI is InChI=1S/C66H45GeNSi/c1-6-24-46(25-7-1)57-44-51(69(48-28-10-3-11-29-48,49-30-12-4-13-31-49)50-32-14-5-15-33-50)45-58(47-26-8-2-9-27-47)66(57)68-62-41-23-19-37-56(62)64-63(68)43-42-55-54-36-18-22-40-61(54)67(65(55)64)59-38-20-16-34-52(59)53-35-17-21-39-60(53)67/h1-45H. The molecule has 1 nitrogen and oxygen atoms in total. The Morgan fingerprint density at radius 2 is 0.681 bits per heavy atom. The number of fused-ring (bicyclic) bond motifs is 14. The Kier molecular flexibility index (Phi) is 9.17. The summed E-state index contributed by atoms with van der Waals surface area (Å²) in [5.74, 6) is 0. The predicted octanol–water partition coefficient (Wildman–Crippen LogP) is 10.8. The molecule has 322 valence electrons. The molecule has 2 aliphatic heterocycles. The Morgan fingerprint density at radius 1 is 0.290 bits per heavy atom. The maximum absolute atomic E-state index is 3.64. The van der Waals surface area contributed by atoms with Gasteiger partial charge in [0, 0.05) is 0 Å². The number of hydrogen-bond donors (Lipinski definition) is 0. The minimum absolute atomic E-state index is 1.19. The van der Waals surface area contributed by atoms with Crippen LogP contribution in [-0.2, 0) is 0 Å². The summed E-state index contributed by atoms with van der Waals surface area (Å²) in [6, 6.07) is 104. The van der Waals surface area contributed by atoms with Crippen LogP contribution < -0.4 is 38.3 Å². The van der Waals surface area contributed by atoms with Crippen LogP contribution in [0.2, 0.25) is 0 Å². The molecule has 0 bridgehead atoms. The Labute approximate surface area is 406 Å². The van der Waals surface area contributed by atoms with Gasteiger partial charge in [-0.05, 0) is 0 Å². The van der Waals surface area contributed by atoms with Gasteiger partial charge in [-0.15, -0.1) is 0 Å². The first-order chi connectivity index (χ1) is 34.3. The van der Waals surface area contributed by atoms with Gasteiger partial charge in [0.2, 0.25) is 0 Å². The van der Waals surface area contributed by atoms with Gasteiger partial charge in [0.25, 0.3) is 0 Å². The summed E-state index contributed by atoms with van der Waals surface area (Å²) in [5, 5.41) is 8.10. The summed E-state index contributed by atoms with van der Waals surface area (Å²) in [6.45, 7) is 0. The third kappa shape index (κ3) is 5.65. The van der Waals surface area contributed by atoms with Gasteiger partial charge < -0.3 is 0 Å². The van der Waals surface area contributed by atoms with E-state index >= 15 is 0 Å². The van der Waals surface area contributed by atoms with Crippen LogP contribution in [0, 0.1) is 0 Å². The summed E-state index contributed by atoms with van der Waals surface area (Å²) in [7, 11) is -2.99. The van der Waals surface area contributed by atoms with Crippen molar-refractivity contribution in [2.75, 3.05) is 0 Å².